The van der Waals surface area contributed by atoms with Gasteiger partial charge >= 0.3 is 6.18 Å². The van der Waals surface area contributed by atoms with Crippen LogP contribution in [0.2, 0.25) is 0 Å². The van der Waals surface area contributed by atoms with E-state index >= 15 is 0 Å². The molecule has 5 nitrogen and oxygen atoms in total. The standard InChI is InChI=1S/C17H19F3N4O/c1-12-7-14(22-9-16(12)25-6-4-17(18,19)20)11-24-10-13-8-21-5-3-15(13)23(24)2/h3,5,7-9H,4,6,10-11H2,1-2H3. The van der Waals surface area contributed by atoms with Gasteiger partial charge in [-0.15, -0.1) is 0 Å². The average Bonchev–Trinajstić information content (AvgIpc) is 2.85. The molecule has 0 spiro atoms. The van der Waals surface area contributed by atoms with Crippen LogP contribution in [0, 0.1) is 6.92 Å². The molecule has 0 bridgehead atoms. The van der Waals surface area contributed by atoms with Crippen LogP contribution in [0.4, 0.5) is 18.9 Å². The fraction of sp³-hybridized carbons (Fsp3) is 0.412. The number of anilines is 1. The Morgan fingerprint density at radius 3 is 2.76 bits per heavy atom. The Bertz CT molecular complexity index is 751. The van der Waals surface area contributed by atoms with Gasteiger partial charge in [0.2, 0.25) is 0 Å². The number of hydrazine groups is 1. The molecule has 0 radical (unpaired) electrons. The normalized spacial score (nSPS) is 14.7. The molecule has 0 amide bonds. The van der Waals surface area contributed by atoms with E-state index in [1.165, 1.54) is 6.20 Å². The Morgan fingerprint density at radius 2 is 2.08 bits per heavy atom. The third-order valence-corrected chi connectivity index (χ3v) is 4.11. The molecule has 134 valence electrons. The number of hydrogen-bond donors (Lipinski definition) is 0. The maximum Gasteiger partial charge on any atom is 0.392 e. The highest BCUT2D eigenvalue weighted by molar-refractivity contribution is 5.54. The van der Waals surface area contributed by atoms with E-state index in [-0.39, 0.29) is 0 Å². The summed E-state index contributed by atoms with van der Waals surface area (Å²) < 4.78 is 41.8. The first-order chi connectivity index (χ1) is 11.8. The van der Waals surface area contributed by atoms with Crippen LogP contribution in [-0.4, -0.2) is 34.8 Å². The highest BCUT2D eigenvalue weighted by Crippen LogP contribution is 2.30. The zero-order chi connectivity index (χ0) is 18.0. The van der Waals surface area contributed by atoms with Crippen molar-refractivity contribution in [3.63, 3.8) is 0 Å². The van der Waals surface area contributed by atoms with E-state index in [4.69, 9.17) is 4.74 Å². The minimum atomic E-state index is -4.22. The van der Waals surface area contributed by atoms with Crippen molar-refractivity contribution in [1.82, 2.24) is 15.0 Å². The van der Waals surface area contributed by atoms with Crippen LogP contribution in [-0.2, 0) is 13.1 Å². The molecule has 1 aliphatic heterocycles. The van der Waals surface area contributed by atoms with Crippen molar-refractivity contribution in [2.75, 3.05) is 18.7 Å². The average molecular weight is 352 g/mol. The van der Waals surface area contributed by atoms with Crippen molar-refractivity contribution in [2.45, 2.75) is 32.6 Å². The van der Waals surface area contributed by atoms with Crippen molar-refractivity contribution in [2.24, 2.45) is 0 Å². The summed E-state index contributed by atoms with van der Waals surface area (Å²) in [6.07, 6.45) is -0.0905. The minimum Gasteiger partial charge on any atom is -0.491 e. The molecule has 0 unspecified atom stereocenters. The molecule has 0 fully saturated rings. The molecule has 3 rings (SSSR count). The summed E-state index contributed by atoms with van der Waals surface area (Å²) >= 11 is 0. The first kappa shape index (κ1) is 17.5. The van der Waals surface area contributed by atoms with Gasteiger partial charge in [0.15, 0.2) is 0 Å². The third-order valence-electron chi connectivity index (χ3n) is 4.11. The molecule has 1 aliphatic rings. The number of ether oxygens (including phenoxy) is 1. The summed E-state index contributed by atoms with van der Waals surface area (Å²) in [5, 5.41) is 4.18. The lowest BCUT2D eigenvalue weighted by Crippen LogP contribution is -2.33. The monoisotopic (exact) mass is 352 g/mol. The van der Waals surface area contributed by atoms with Gasteiger partial charge in [-0.3, -0.25) is 9.97 Å². The molecule has 25 heavy (non-hydrogen) atoms. The summed E-state index contributed by atoms with van der Waals surface area (Å²) in [6, 6.07) is 3.81. The summed E-state index contributed by atoms with van der Waals surface area (Å²) in [5.74, 6) is 0.385. The molecule has 0 aromatic carbocycles. The predicted octanol–water partition coefficient (Wildman–Crippen LogP) is 3.48. The Balaban J connectivity index is 1.62. The van der Waals surface area contributed by atoms with Crippen molar-refractivity contribution in [3.8, 4) is 5.75 Å². The van der Waals surface area contributed by atoms with E-state index in [2.05, 4.69) is 20.0 Å². The Hall–Kier alpha value is -2.35. The zero-order valence-corrected chi connectivity index (χ0v) is 14.0. The number of aryl methyl sites for hydroxylation is 1. The van der Waals surface area contributed by atoms with E-state index in [1.54, 1.807) is 13.1 Å². The topological polar surface area (TPSA) is 41.5 Å². The van der Waals surface area contributed by atoms with E-state index in [9.17, 15) is 13.2 Å². The zero-order valence-electron chi connectivity index (χ0n) is 14.0. The Labute approximate surface area is 144 Å². The second-order valence-corrected chi connectivity index (χ2v) is 6.01. The van der Waals surface area contributed by atoms with E-state index in [0.29, 0.717) is 12.3 Å². The van der Waals surface area contributed by atoms with Crippen molar-refractivity contribution < 1.29 is 17.9 Å². The van der Waals surface area contributed by atoms with Crippen LogP contribution in [0.15, 0.2) is 30.7 Å². The van der Waals surface area contributed by atoms with Crippen LogP contribution in [0.5, 0.6) is 5.75 Å². The van der Waals surface area contributed by atoms with Gasteiger partial charge in [-0.1, -0.05) is 0 Å². The number of aromatic nitrogens is 2. The second-order valence-electron chi connectivity index (χ2n) is 6.01. The molecule has 3 heterocycles. The summed E-state index contributed by atoms with van der Waals surface area (Å²) in [5.41, 5.74) is 3.86. The van der Waals surface area contributed by atoms with Crippen LogP contribution < -0.4 is 9.75 Å². The van der Waals surface area contributed by atoms with E-state index in [0.717, 1.165) is 29.1 Å². The quantitative estimate of drug-likeness (QED) is 0.824. The Morgan fingerprint density at radius 1 is 1.28 bits per heavy atom. The fourth-order valence-corrected chi connectivity index (χ4v) is 2.78. The molecule has 0 aliphatic carbocycles. The fourth-order valence-electron chi connectivity index (χ4n) is 2.78. The predicted molar refractivity (Wildman–Crippen MR) is 87.0 cm³/mol. The number of nitrogens with zero attached hydrogens (tertiary/aromatic N) is 4. The number of hydrogen-bond acceptors (Lipinski definition) is 5. The van der Waals surface area contributed by atoms with Crippen LogP contribution in [0.3, 0.4) is 0 Å². The van der Waals surface area contributed by atoms with Crippen LogP contribution in [0.1, 0.15) is 23.2 Å². The first-order valence-electron chi connectivity index (χ1n) is 7.90. The molecular formula is C17H19F3N4O. The maximum absolute atomic E-state index is 12.2. The van der Waals surface area contributed by atoms with Gasteiger partial charge in [-0.25, -0.2) is 5.01 Å². The molecule has 0 saturated carbocycles. The highest BCUT2D eigenvalue weighted by atomic mass is 19.4. The molecule has 0 saturated heterocycles. The lowest BCUT2D eigenvalue weighted by molar-refractivity contribution is -0.139. The van der Waals surface area contributed by atoms with Crippen molar-refractivity contribution in [1.29, 1.82) is 0 Å². The third kappa shape index (κ3) is 4.19. The number of fused-ring (bicyclic) bond motifs is 1. The lowest BCUT2D eigenvalue weighted by Gasteiger charge is -2.26. The van der Waals surface area contributed by atoms with Gasteiger partial charge in [-0.05, 0) is 24.6 Å². The molecule has 2 aromatic rings. The van der Waals surface area contributed by atoms with Crippen molar-refractivity contribution in [3.05, 3.63) is 47.5 Å². The first-order valence-corrected chi connectivity index (χ1v) is 7.90. The number of alkyl halides is 3. The molecule has 8 heteroatoms. The van der Waals surface area contributed by atoms with Gasteiger partial charge < -0.3 is 9.75 Å². The smallest absolute Gasteiger partial charge is 0.392 e. The summed E-state index contributed by atoms with van der Waals surface area (Å²) in [6.45, 7) is 2.74. The van der Waals surface area contributed by atoms with Gasteiger partial charge in [0.25, 0.3) is 0 Å². The van der Waals surface area contributed by atoms with E-state index < -0.39 is 19.2 Å². The second kappa shape index (κ2) is 6.87. The summed E-state index contributed by atoms with van der Waals surface area (Å²) in [7, 11) is 1.98. The van der Waals surface area contributed by atoms with Crippen LogP contribution >= 0.6 is 0 Å². The van der Waals surface area contributed by atoms with Crippen LogP contribution in [0.25, 0.3) is 0 Å². The largest absolute Gasteiger partial charge is 0.491 e. The molecule has 2 aromatic heterocycles. The molecule has 0 atom stereocenters. The number of halogens is 3. The summed E-state index contributed by atoms with van der Waals surface area (Å²) in [4.78, 5) is 8.46. The maximum atomic E-state index is 12.2. The van der Waals surface area contributed by atoms with Gasteiger partial charge in [0.1, 0.15) is 5.75 Å². The highest BCUT2D eigenvalue weighted by Gasteiger charge is 2.27. The van der Waals surface area contributed by atoms with Gasteiger partial charge in [-0.2, -0.15) is 13.2 Å². The Kier molecular flexibility index (Phi) is 4.80. The van der Waals surface area contributed by atoms with E-state index in [1.807, 2.05) is 25.4 Å². The lowest BCUT2D eigenvalue weighted by atomic mass is 10.2. The number of pyridine rings is 2. The number of rotatable bonds is 5. The SMILES string of the molecule is Cc1cc(CN2Cc3cnccc3N2C)ncc1OCCC(F)(F)F. The molecular weight excluding hydrogens is 333 g/mol. The van der Waals surface area contributed by atoms with Gasteiger partial charge in [0.05, 0.1) is 37.2 Å². The minimum absolute atomic E-state index is 0.385. The van der Waals surface area contributed by atoms with Crippen molar-refractivity contribution >= 4 is 5.69 Å². The van der Waals surface area contributed by atoms with Gasteiger partial charge in [0, 0.05) is 31.5 Å². The molecule has 0 N–H and O–H groups in total.